The van der Waals surface area contributed by atoms with E-state index in [-0.39, 0.29) is 22.2 Å². The lowest BCUT2D eigenvalue weighted by atomic mass is 10.2. The number of hydrogen-bond donors (Lipinski definition) is 1. The lowest BCUT2D eigenvalue weighted by Gasteiger charge is -2.07. The minimum atomic E-state index is -0.507. The van der Waals surface area contributed by atoms with Crippen molar-refractivity contribution in [3.05, 3.63) is 70.9 Å². The average Bonchev–Trinajstić information content (AvgIpc) is 2.65. The first kappa shape index (κ1) is 17.6. The third-order valence-corrected chi connectivity index (χ3v) is 4.60. The van der Waals surface area contributed by atoms with Gasteiger partial charge in [0.05, 0.1) is 10.4 Å². The number of ketones is 1. The van der Waals surface area contributed by atoms with Crippen molar-refractivity contribution in [1.29, 1.82) is 0 Å². The summed E-state index contributed by atoms with van der Waals surface area (Å²) in [5.41, 5.74) is 3.49. The van der Waals surface area contributed by atoms with E-state index in [0.29, 0.717) is 0 Å². The highest BCUT2D eigenvalue weighted by molar-refractivity contribution is 8.15. The van der Waals surface area contributed by atoms with Crippen LogP contribution in [0.2, 0.25) is 0 Å². The standard InChI is InChI=1S/C18H14N4O3S/c1-12(23)18(21-20-14-8-2-3-9-15(14)22(24)25)26-16-10-4-6-13-7-5-11-19-17(13)16/h2-11,20H,1H3/b21-18-. The molecule has 0 saturated heterocycles. The third-order valence-electron chi connectivity index (χ3n) is 3.48. The Kier molecular flexibility index (Phi) is 5.23. The number of nitrogens with one attached hydrogen (secondary N) is 1. The maximum absolute atomic E-state index is 12.0. The minimum absolute atomic E-state index is 0.115. The summed E-state index contributed by atoms with van der Waals surface area (Å²) in [4.78, 5) is 27.7. The van der Waals surface area contributed by atoms with Crippen LogP contribution in [0.3, 0.4) is 0 Å². The van der Waals surface area contributed by atoms with Gasteiger partial charge in [0.15, 0.2) is 10.8 Å². The number of hydrogen-bond acceptors (Lipinski definition) is 7. The van der Waals surface area contributed by atoms with E-state index >= 15 is 0 Å². The second-order valence-corrected chi connectivity index (χ2v) is 6.32. The van der Waals surface area contributed by atoms with Crippen LogP contribution in [0.15, 0.2) is 70.8 Å². The number of rotatable bonds is 5. The monoisotopic (exact) mass is 366 g/mol. The van der Waals surface area contributed by atoms with E-state index in [0.717, 1.165) is 15.8 Å². The molecule has 1 aromatic heterocycles. The van der Waals surface area contributed by atoms with Crippen LogP contribution < -0.4 is 5.43 Å². The van der Waals surface area contributed by atoms with Crippen molar-refractivity contribution >= 4 is 44.9 Å². The molecule has 26 heavy (non-hydrogen) atoms. The first-order chi connectivity index (χ1) is 12.6. The van der Waals surface area contributed by atoms with E-state index < -0.39 is 4.92 Å². The second kappa shape index (κ2) is 7.75. The predicted octanol–water partition coefficient (Wildman–Crippen LogP) is 4.25. The molecule has 7 nitrogen and oxygen atoms in total. The number of fused-ring (bicyclic) bond motifs is 1. The molecule has 0 unspecified atom stereocenters. The van der Waals surface area contributed by atoms with Crippen LogP contribution in [-0.4, -0.2) is 20.7 Å². The van der Waals surface area contributed by atoms with Crippen molar-refractivity contribution in [2.24, 2.45) is 5.10 Å². The number of nitro benzene ring substituents is 1. The zero-order chi connectivity index (χ0) is 18.5. The number of anilines is 1. The number of para-hydroxylation sites is 3. The molecule has 0 aliphatic rings. The normalized spacial score (nSPS) is 11.3. The van der Waals surface area contributed by atoms with Crippen LogP contribution in [0.25, 0.3) is 10.9 Å². The number of Topliss-reactive ketones (excluding diaryl/α,β-unsaturated/α-hetero) is 1. The zero-order valence-electron chi connectivity index (χ0n) is 13.7. The summed E-state index contributed by atoms with van der Waals surface area (Å²) in [6.07, 6.45) is 1.68. The van der Waals surface area contributed by atoms with Gasteiger partial charge in [0.2, 0.25) is 0 Å². The molecule has 0 radical (unpaired) electrons. The van der Waals surface area contributed by atoms with Crippen molar-refractivity contribution < 1.29 is 9.72 Å². The second-order valence-electron chi connectivity index (χ2n) is 5.29. The Morgan fingerprint density at radius 2 is 1.92 bits per heavy atom. The van der Waals surface area contributed by atoms with Crippen LogP contribution in [0.4, 0.5) is 11.4 Å². The van der Waals surface area contributed by atoms with Gasteiger partial charge in [-0.3, -0.25) is 25.3 Å². The quantitative estimate of drug-likeness (QED) is 0.238. The van der Waals surface area contributed by atoms with Gasteiger partial charge in [-0.2, -0.15) is 5.10 Å². The summed E-state index contributed by atoms with van der Waals surface area (Å²) in [5.74, 6) is -0.256. The molecule has 0 amide bonds. The summed E-state index contributed by atoms with van der Waals surface area (Å²) < 4.78 is 0. The van der Waals surface area contributed by atoms with E-state index in [9.17, 15) is 14.9 Å². The number of carbonyl (C=O) groups excluding carboxylic acids is 1. The lowest BCUT2D eigenvalue weighted by molar-refractivity contribution is -0.384. The highest BCUT2D eigenvalue weighted by atomic mass is 32.2. The van der Waals surface area contributed by atoms with E-state index in [1.54, 1.807) is 18.3 Å². The number of pyridine rings is 1. The Morgan fingerprint density at radius 3 is 2.69 bits per heavy atom. The summed E-state index contributed by atoms with van der Waals surface area (Å²) >= 11 is 1.17. The first-order valence-corrected chi connectivity index (χ1v) is 8.47. The summed E-state index contributed by atoms with van der Waals surface area (Å²) in [7, 11) is 0. The largest absolute Gasteiger partial charge is 0.294 e. The topological polar surface area (TPSA) is 97.5 Å². The molecular formula is C18H14N4O3S. The molecule has 0 aliphatic heterocycles. The van der Waals surface area contributed by atoms with Gasteiger partial charge in [-0.05, 0) is 18.2 Å². The number of hydrazone groups is 1. The van der Waals surface area contributed by atoms with Gasteiger partial charge >= 0.3 is 0 Å². The SMILES string of the molecule is CC(=O)/C(=N/Nc1ccccc1[N+](=O)[O-])Sc1cccc2cccnc12. The fourth-order valence-electron chi connectivity index (χ4n) is 2.27. The Bertz CT molecular complexity index is 1010. The molecule has 0 atom stereocenters. The molecule has 0 aliphatic carbocycles. The van der Waals surface area contributed by atoms with Crippen molar-refractivity contribution in [1.82, 2.24) is 4.98 Å². The smallest absolute Gasteiger partial charge is 0.292 e. The Morgan fingerprint density at radius 1 is 1.15 bits per heavy atom. The van der Waals surface area contributed by atoms with Gasteiger partial charge in [-0.1, -0.05) is 42.1 Å². The van der Waals surface area contributed by atoms with Crippen LogP contribution in [0.5, 0.6) is 0 Å². The van der Waals surface area contributed by atoms with Crippen LogP contribution in [0.1, 0.15) is 6.92 Å². The summed E-state index contributed by atoms with van der Waals surface area (Å²) in [6.45, 7) is 1.39. The number of carbonyl (C=O) groups is 1. The number of aromatic nitrogens is 1. The van der Waals surface area contributed by atoms with Crippen LogP contribution in [0, 0.1) is 10.1 Å². The molecular weight excluding hydrogens is 352 g/mol. The molecule has 1 heterocycles. The van der Waals surface area contributed by atoms with Crippen molar-refractivity contribution in [2.75, 3.05) is 5.43 Å². The molecule has 3 rings (SSSR count). The van der Waals surface area contributed by atoms with Gasteiger partial charge in [-0.25, -0.2) is 0 Å². The molecule has 3 aromatic rings. The van der Waals surface area contributed by atoms with Gasteiger partial charge in [-0.15, -0.1) is 0 Å². The maximum Gasteiger partial charge on any atom is 0.294 e. The van der Waals surface area contributed by atoms with E-state index in [1.807, 2.05) is 30.3 Å². The van der Waals surface area contributed by atoms with E-state index in [1.165, 1.54) is 30.8 Å². The molecule has 1 N–H and O–H groups in total. The van der Waals surface area contributed by atoms with E-state index in [2.05, 4.69) is 15.5 Å². The number of benzene rings is 2. The number of nitrogens with zero attached hydrogens (tertiary/aromatic N) is 3. The molecule has 130 valence electrons. The number of nitro groups is 1. The summed E-state index contributed by atoms with van der Waals surface area (Å²) in [5, 5.41) is 16.3. The van der Waals surface area contributed by atoms with E-state index in [4.69, 9.17) is 0 Å². The summed E-state index contributed by atoms with van der Waals surface area (Å²) in [6, 6.07) is 15.5. The Balaban J connectivity index is 1.92. The minimum Gasteiger partial charge on any atom is -0.292 e. The first-order valence-electron chi connectivity index (χ1n) is 7.66. The van der Waals surface area contributed by atoms with Gasteiger partial charge in [0.25, 0.3) is 5.69 Å². The average molecular weight is 366 g/mol. The van der Waals surface area contributed by atoms with Crippen LogP contribution >= 0.6 is 11.8 Å². The van der Waals surface area contributed by atoms with Gasteiger partial charge in [0.1, 0.15) is 5.69 Å². The molecule has 0 bridgehead atoms. The van der Waals surface area contributed by atoms with Gasteiger partial charge < -0.3 is 0 Å². The maximum atomic E-state index is 12.0. The Hall–Kier alpha value is -3.26. The molecule has 8 heteroatoms. The molecule has 0 fully saturated rings. The highest BCUT2D eigenvalue weighted by Gasteiger charge is 2.15. The van der Waals surface area contributed by atoms with Gasteiger partial charge in [0, 0.05) is 29.5 Å². The molecule has 2 aromatic carbocycles. The van der Waals surface area contributed by atoms with Crippen molar-refractivity contribution in [2.45, 2.75) is 11.8 Å². The van der Waals surface area contributed by atoms with Crippen LogP contribution in [-0.2, 0) is 4.79 Å². The third kappa shape index (κ3) is 3.86. The van der Waals surface area contributed by atoms with Crippen molar-refractivity contribution in [3.8, 4) is 0 Å². The Labute approximate surface area is 153 Å². The molecule has 0 saturated carbocycles. The molecule has 0 spiro atoms. The highest BCUT2D eigenvalue weighted by Crippen LogP contribution is 2.28. The lowest BCUT2D eigenvalue weighted by Crippen LogP contribution is -2.09. The van der Waals surface area contributed by atoms with Crippen molar-refractivity contribution in [3.63, 3.8) is 0 Å². The fraction of sp³-hybridized carbons (Fsp3) is 0.0556. The predicted molar refractivity (Wildman–Crippen MR) is 102 cm³/mol. The number of thioether (sulfide) groups is 1. The zero-order valence-corrected chi connectivity index (χ0v) is 14.6. The fourth-order valence-corrected chi connectivity index (χ4v) is 3.13.